The molecule has 0 saturated carbocycles. The molecule has 0 bridgehead atoms. The molecule has 2 heterocycles. The number of hydrogen-bond acceptors (Lipinski definition) is 5. The lowest BCUT2D eigenvalue weighted by atomic mass is 10.2. The molecule has 3 rings (SSSR count). The summed E-state index contributed by atoms with van der Waals surface area (Å²) in [6, 6.07) is 8.65. The predicted molar refractivity (Wildman–Crippen MR) is 83.5 cm³/mol. The fraction of sp³-hybridized carbons (Fsp3) is 0.375. The van der Waals surface area contributed by atoms with Crippen LogP contribution in [0.2, 0.25) is 0 Å². The van der Waals surface area contributed by atoms with Gasteiger partial charge in [-0.05, 0) is 31.2 Å². The molecule has 1 fully saturated rings. The van der Waals surface area contributed by atoms with Gasteiger partial charge in [0.1, 0.15) is 0 Å². The second-order valence-electron chi connectivity index (χ2n) is 5.14. The molecule has 2 aromatic rings. The third-order valence-electron chi connectivity index (χ3n) is 3.65. The van der Waals surface area contributed by atoms with Crippen molar-refractivity contribution in [2.45, 2.75) is 13.0 Å². The maximum Gasteiger partial charge on any atom is 0.0806 e. The number of aromatic nitrogens is 2. The van der Waals surface area contributed by atoms with E-state index in [1.165, 1.54) is 5.69 Å². The fourth-order valence-corrected chi connectivity index (χ4v) is 2.45. The third kappa shape index (κ3) is 3.49. The molecule has 110 valence electrons. The van der Waals surface area contributed by atoms with Crippen molar-refractivity contribution in [1.29, 1.82) is 0 Å². The quantitative estimate of drug-likeness (QED) is 0.934. The summed E-state index contributed by atoms with van der Waals surface area (Å²) >= 11 is 0. The van der Waals surface area contributed by atoms with Gasteiger partial charge < -0.3 is 15.0 Å². The summed E-state index contributed by atoms with van der Waals surface area (Å²) in [5.74, 6) is 0. The van der Waals surface area contributed by atoms with E-state index in [9.17, 15) is 0 Å². The normalized spacial score (nSPS) is 16.5. The van der Waals surface area contributed by atoms with E-state index in [2.05, 4.69) is 51.4 Å². The maximum atomic E-state index is 5.38. The van der Waals surface area contributed by atoms with Crippen LogP contribution in [-0.4, -0.2) is 36.3 Å². The number of nitrogens with one attached hydrogen (secondary N) is 1. The summed E-state index contributed by atoms with van der Waals surface area (Å²) in [4.78, 5) is 10.8. The first-order valence-corrected chi connectivity index (χ1v) is 7.28. The average molecular weight is 284 g/mol. The fourth-order valence-electron chi connectivity index (χ4n) is 2.45. The average Bonchev–Trinajstić information content (AvgIpc) is 2.57. The van der Waals surface area contributed by atoms with Gasteiger partial charge in [0.25, 0.3) is 0 Å². The lowest BCUT2D eigenvalue weighted by Crippen LogP contribution is -2.36. The molecule has 5 nitrogen and oxygen atoms in total. The van der Waals surface area contributed by atoms with E-state index in [-0.39, 0.29) is 6.04 Å². The topological polar surface area (TPSA) is 50.3 Å². The molecular formula is C16H20N4O. The van der Waals surface area contributed by atoms with Gasteiger partial charge in [-0.2, -0.15) is 0 Å². The highest BCUT2D eigenvalue weighted by molar-refractivity contribution is 5.55. The number of nitrogens with zero attached hydrogens (tertiary/aromatic N) is 3. The van der Waals surface area contributed by atoms with Crippen LogP contribution in [0.3, 0.4) is 0 Å². The number of hydrogen-bond donors (Lipinski definition) is 1. The Hall–Kier alpha value is -2.14. The van der Waals surface area contributed by atoms with Crippen LogP contribution >= 0.6 is 0 Å². The zero-order valence-corrected chi connectivity index (χ0v) is 12.2. The zero-order chi connectivity index (χ0) is 14.5. The molecule has 0 aliphatic carbocycles. The molecule has 1 atom stereocenters. The Morgan fingerprint density at radius 2 is 1.90 bits per heavy atom. The Morgan fingerprint density at radius 1 is 1.14 bits per heavy atom. The van der Waals surface area contributed by atoms with Gasteiger partial charge in [-0.15, -0.1) is 0 Å². The predicted octanol–water partition coefficient (Wildman–Crippen LogP) is 2.49. The van der Waals surface area contributed by atoms with E-state index in [0.717, 1.165) is 37.7 Å². The molecule has 21 heavy (non-hydrogen) atoms. The number of rotatable bonds is 4. The lowest BCUT2D eigenvalue weighted by molar-refractivity contribution is 0.122. The van der Waals surface area contributed by atoms with E-state index >= 15 is 0 Å². The number of anilines is 2. The van der Waals surface area contributed by atoms with Crippen molar-refractivity contribution in [3.8, 4) is 0 Å². The second kappa shape index (κ2) is 6.54. The molecule has 0 spiro atoms. The molecule has 1 aromatic heterocycles. The highest BCUT2D eigenvalue weighted by Crippen LogP contribution is 2.22. The molecule has 1 unspecified atom stereocenters. The van der Waals surface area contributed by atoms with Crippen LogP contribution in [0, 0.1) is 0 Å². The first-order chi connectivity index (χ1) is 10.3. The Bertz CT molecular complexity index is 552. The van der Waals surface area contributed by atoms with Crippen molar-refractivity contribution < 1.29 is 4.74 Å². The van der Waals surface area contributed by atoms with Crippen molar-refractivity contribution >= 4 is 11.4 Å². The van der Waals surface area contributed by atoms with Crippen LogP contribution in [-0.2, 0) is 4.74 Å². The molecule has 0 amide bonds. The summed E-state index contributed by atoms with van der Waals surface area (Å²) < 4.78 is 5.38. The Kier molecular flexibility index (Phi) is 4.31. The number of ether oxygens (including phenoxy) is 1. The van der Waals surface area contributed by atoms with E-state index in [4.69, 9.17) is 4.74 Å². The first kappa shape index (κ1) is 13.8. The Balaban J connectivity index is 1.64. The molecule has 1 aliphatic heterocycles. The molecule has 5 heteroatoms. The minimum absolute atomic E-state index is 0.132. The van der Waals surface area contributed by atoms with Crippen LogP contribution in [0.15, 0.2) is 42.9 Å². The van der Waals surface area contributed by atoms with Gasteiger partial charge >= 0.3 is 0 Å². The van der Waals surface area contributed by atoms with Crippen molar-refractivity contribution in [2.24, 2.45) is 0 Å². The molecule has 1 aliphatic rings. The Morgan fingerprint density at radius 3 is 2.57 bits per heavy atom. The second-order valence-corrected chi connectivity index (χ2v) is 5.14. The van der Waals surface area contributed by atoms with Crippen molar-refractivity contribution in [2.75, 3.05) is 36.5 Å². The summed E-state index contributed by atoms with van der Waals surface area (Å²) in [5, 5.41) is 3.44. The molecule has 1 N–H and O–H groups in total. The smallest absolute Gasteiger partial charge is 0.0806 e. The zero-order valence-electron chi connectivity index (χ0n) is 12.2. The molecular weight excluding hydrogens is 264 g/mol. The minimum Gasteiger partial charge on any atom is -0.378 e. The third-order valence-corrected chi connectivity index (χ3v) is 3.65. The van der Waals surface area contributed by atoms with Gasteiger partial charge in [0.05, 0.1) is 31.1 Å². The van der Waals surface area contributed by atoms with E-state index in [1.807, 2.05) is 0 Å². The van der Waals surface area contributed by atoms with Gasteiger partial charge in [-0.3, -0.25) is 9.97 Å². The molecule has 1 saturated heterocycles. The largest absolute Gasteiger partial charge is 0.378 e. The van der Waals surface area contributed by atoms with Gasteiger partial charge in [0.15, 0.2) is 0 Å². The van der Waals surface area contributed by atoms with Crippen LogP contribution in [0.5, 0.6) is 0 Å². The SMILES string of the molecule is CC(Nc1ccc(N2CCOCC2)cc1)c1cnccn1. The summed E-state index contributed by atoms with van der Waals surface area (Å²) in [5.41, 5.74) is 3.27. The molecule has 0 radical (unpaired) electrons. The standard InChI is InChI=1S/C16H20N4O/c1-13(16-12-17-6-7-18-16)19-14-2-4-15(5-3-14)20-8-10-21-11-9-20/h2-7,12-13,19H,8-11H2,1H3. The van der Waals surface area contributed by atoms with Crippen molar-refractivity contribution in [3.05, 3.63) is 48.5 Å². The Labute approximate surface area is 125 Å². The van der Waals surface area contributed by atoms with Crippen LogP contribution < -0.4 is 10.2 Å². The van der Waals surface area contributed by atoms with Gasteiger partial charge in [0, 0.05) is 36.9 Å². The maximum absolute atomic E-state index is 5.38. The highest BCUT2D eigenvalue weighted by atomic mass is 16.5. The van der Waals surface area contributed by atoms with E-state index in [0.29, 0.717) is 0 Å². The monoisotopic (exact) mass is 284 g/mol. The van der Waals surface area contributed by atoms with Crippen LogP contribution in [0.4, 0.5) is 11.4 Å². The van der Waals surface area contributed by atoms with Gasteiger partial charge in [-0.1, -0.05) is 0 Å². The number of morpholine rings is 1. The van der Waals surface area contributed by atoms with E-state index < -0.39 is 0 Å². The number of benzene rings is 1. The first-order valence-electron chi connectivity index (χ1n) is 7.28. The summed E-state index contributed by atoms with van der Waals surface area (Å²) in [6.07, 6.45) is 5.20. The summed E-state index contributed by atoms with van der Waals surface area (Å²) in [6.45, 7) is 5.62. The van der Waals surface area contributed by atoms with Gasteiger partial charge in [-0.25, -0.2) is 0 Å². The van der Waals surface area contributed by atoms with Crippen molar-refractivity contribution in [3.63, 3.8) is 0 Å². The summed E-state index contributed by atoms with van der Waals surface area (Å²) in [7, 11) is 0. The lowest BCUT2D eigenvalue weighted by Gasteiger charge is -2.29. The minimum atomic E-state index is 0.132. The van der Waals surface area contributed by atoms with E-state index in [1.54, 1.807) is 18.6 Å². The highest BCUT2D eigenvalue weighted by Gasteiger charge is 2.11. The van der Waals surface area contributed by atoms with Crippen LogP contribution in [0.1, 0.15) is 18.7 Å². The van der Waals surface area contributed by atoms with Crippen molar-refractivity contribution in [1.82, 2.24) is 9.97 Å². The van der Waals surface area contributed by atoms with Gasteiger partial charge in [0.2, 0.25) is 0 Å². The molecule has 1 aromatic carbocycles. The van der Waals surface area contributed by atoms with Crippen LogP contribution in [0.25, 0.3) is 0 Å².